The van der Waals surface area contributed by atoms with Gasteiger partial charge in [0.2, 0.25) is 0 Å². The Morgan fingerprint density at radius 3 is 2.41 bits per heavy atom. The molecule has 2 aromatic carbocycles. The summed E-state index contributed by atoms with van der Waals surface area (Å²) < 4.78 is 17.3. The summed E-state index contributed by atoms with van der Waals surface area (Å²) >= 11 is 0. The van der Waals surface area contributed by atoms with Gasteiger partial charge in [0, 0.05) is 0 Å². The predicted molar refractivity (Wildman–Crippen MR) is 104 cm³/mol. The maximum atomic E-state index is 12.5. The van der Waals surface area contributed by atoms with Crippen LogP contribution in [0.4, 0.5) is 0 Å². The van der Waals surface area contributed by atoms with Crippen molar-refractivity contribution in [2.75, 3.05) is 6.61 Å². The van der Waals surface area contributed by atoms with Crippen molar-refractivity contribution in [3.63, 3.8) is 0 Å². The average molecular weight is 368 g/mol. The Hall–Kier alpha value is -2.33. The molecule has 0 bridgehead atoms. The van der Waals surface area contributed by atoms with Gasteiger partial charge >= 0.3 is 5.97 Å². The van der Waals surface area contributed by atoms with Gasteiger partial charge in [-0.15, -0.1) is 0 Å². The number of hydrogen-bond acceptors (Lipinski definition) is 4. The van der Waals surface area contributed by atoms with Gasteiger partial charge in [-0.1, -0.05) is 48.9 Å². The third-order valence-corrected chi connectivity index (χ3v) is 4.97. The maximum Gasteiger partial charge on any atom is 0.338 e. The van der Waals surface area contributed by atoms with E-state index in [1.165, 1.54) is 0 Å². The molecule has 0 amide bonds. The van der Waals surface area contributed by atoms with Crippen LogP contribution in [0.5, 0.6) is 5.75 Å². The highest BCUT2D eigenvalue weighted by atomic mass is 16.6. The fraction of sp³-hybridized carbons (Fsp3) is 0.435. The molecule has 1 aliphatic carbocycles. The SMILES string of the molecule is CCOC(=O)C1(OCc2cccc(OCc3ccccc3)c2)CCCCC1. The first-order valence-corrected chi connectivity index (χ1v) is 9.79. The van der Waals surface area contributed by atoms with Crippen LogP contribution in [0.1, 0.15) is 50.2 Å². The van der Waals surface area contributed by atoms with E-state index in [0.717, 1.165) is 49.0 Å². The molecule has 0 spiro atoms. The molecule has 0 N–H and O–H groups in total. The zero-order valence-corrected chi connectivity index (χ0v) is 16.0. The first-order valence-electron chi connectivity index (χ1n) is 9.79. The standard InChI is InChI=1S/C23H28O4/c1-2-25-22(24)23(14-7-4-8-15-23)27-18-20-12-9-13-21(16-20)26-17-19-10-5-3-6-11-19/h3,5-6,9-13,16H,2,4,7-8,14-15,17-18H2,1H3. The molecule has 1 saturated carbocycles. The maximum absolute atomic E-state index is 12.5. The minimum Gasteiger partial charge on any atom is -0.489 e. The highest BCUT2D eigenvalue weighted by Gasteiger charge is 2.42. The number of rotatable bonds is 8. The summed E-state index contributed by atoms with van der Waals surface area (Å²) in [6, 6.07) is 17.9. The van der Waals surface area contributed by atoms with Gasteiger partial charge in [0.05, 0.1) is 13.2 Å². The summed E-state index contributed by atoms with van der Waals surface area (Å²) in [4.78, 5) is 12.5. The van der Waals surface area contributed by atoms with Crippen molar-refractivity contribution in [2.24, 2.45) is 0 Å². The minimum absolute atomic E-state index is 0.221. The quantitative estimate of drug-likeness (QED) is 0.612. The Morgan fingerprint density at radius 1 is 0.926 bits per heavy atom. The molecule has 0 atom stereocenters. The van der Waals surface area contributed by atoms with Crippen LogP contribution in [0, 0.1) is 0 Å². The van der Waals surface area contributed by atoms with Crippen molar-refractivity contribution < 1.29 is 19.0 Å². The summed E-state index contributed by atoms with van der Waals surface area (Å²) in [5.74, 6) is 0.579. The van der Waals surface area contributed by atoms with Crippen molar-refractivity contribution in [3.8, 4) is 5.75 Å². The molecule has 144 valence electrons. The van der Waals surface area contributed by atoms with Crippen LogP contribution in [-0.2, 0) is 27.5 Å². The lowest BCUT2D eigenvalue weighted by atomic mass is 9.84. The number of benzene rings is 2. The van der Waals surface area contributed by atoms with Gasteiger partial charge < -0.3 is 14.2 Å². The van der Waals surface area contributed by atoms with Gasteiger partial charge in [-0.05, 0) is 55.9 Å². The third kappa shape index (κ3) is 5.33. The second-order valence-electron chi connectivity index (χ2n) is 6.99. The first-order chi connectivity index (χ1) is 13.2. The Kier molecular flexibility index (Phi) is 6.88. The predicted octanol–water partition coefficient (Wildman–Crippen LogP) is 5.05. The number of esters is 1. The molecule has 1 fully saturated rings. The number of ether oxygens (including phenoxy) is 3. The molecule has 3 rings (SSSR count). The molecule has 2 aromatic rings. The summed E-state index contributed by atoms with van der Waals surface area (Å²) in [6.45, 7) is 3.12. The van der Waals surface area contributed by atoms with Crippen LogP contribution in [0.15, 0.2) is 54.6 Å². The first kappa shape index (κ1) is 19.4. The molecule has 0 heterocycles. The minimum atomic E-state index is -0.796. The molecule has 0 saturated heterocycles. The summed E-state index contributed by atoms with van der Waals surface area (Å²) in [6.07, 6.45) is 4.61. The average Bonchev–Trinajstić information content (AvgIpc) is 2.73. The largest absolute Gasteiger partial charge is 0.489 e. The van der Waals surface area contributed by atoms with Gasteiger partial charge in [-0.3, -0.25) is 0 Å². The van der Waals surface area contributed by atoms with Gasteiger partial charge in [0.25, 0.3) is 0 Å². The van der Waals surface area contributed by atoms with Crippen molar-refractivity contribution in [1.82, 2.24) is 0 Å². The van der Waals surface area contributed by atoms with Crippen molar-refractivity contribution in [2.45, 2.75) is 57.8 Å². The molecule has 1 aliphatic rings. The Labute approximate surface area is 161 Å². The smallest absolute Gasteiger partial charge is 0.338 e. The van der Waals surface area contributed by atoms with E-state index >= 15 is 0 Å². The van der Waals surface area contributed by atoms with Crippen LogP contribution in [0.2, 0.25) is 0 Å². The van der Waals surface area contributed by atoms with E-state index in [9.17, 15) is 4.79 Å². The molecule has 4 heteroatoms. The van der Waals surface area contributed by atoms with E-state index in [1.54, 1.807) is 0 Å². The lowest BCUT2D eigenvalue weighted by Crippen LogP contribution is -2.44. The molecule has 0 aliphatic heterocycles. The normalized spacial score (nSPS) is 15.9. The number of carbonyl (C=O) groups is 1. The molecule has 0 unspecified atom stereocenters. The second kappa shape index (κ2) is 9.56. The van der Waals surface area contributed by atoms with E-state index in [4.69, 9.17) is 14.2 Å². The van der Waals surface area contributed by atoms with Crippen LogP contribution >= 0.6 is 0 Å². The lowest BCUT2D eigenvalue weighted by Gasteiger charge is -2.34. The summed E-state index contributed by atoms with van der Waals surface area (Å²) in [7, 11) is 0. The summed E-state index contributed by atoms with van der Waals surface area (Å²) in [5.41, 5.74) is 1.33. The van der Waals surface area contributed by atoms with E-state index in [1.807, 2.05) is 61.5 Å². The molecule has 0 aromatic heterocycles. The monoisotopic (exact) mass is 368 g/mol. The Morgan fingerprint density at radius 2 is 1.67 bits per heavy atom. The zero-order chi connectivity index (χ0) is 19.0. The van der Waals surface area contributed by atoms with Crippen LogP contribution in [0.25, 0.3) is 0 Å². The second-order valence-corrected chi connectivity index (χ2v) is 6.99. The van der Waals surface area contributed by atoms with Gasteiger partial charge in [-0.2, -0.15) is 0 Å². The van der Waals surface area contributed by atoms with Crippen molar-refractivity contribution >= 4 is 5.97 Å². The molecular formula is C23H28O4. The number of carbonyl (C=O) groups excluding carboxylic acids is 1. The van der Waals surface area contributed by atoms with Crippen molar-refractivity contribution in [1.29, 1.82) is 0 Å². The highest BCUT2D eigenvalue weighted by Crippen LogP contribution is 2.34. The Bertz CT molecular complexity index is 720. The fourth-order valence-electron chi connectivity index (χ4n) is 3.48. The topological polar surface area (TPSA) is 44.8 Å². The van der Waals surface area contributed by atoms with Crippen LogP contribution < -0.4 is 4.74 Å². The lowest BCUT2D eigenvalue weighted by molar-refractivity contribution is -0.179. The molecule has 4 nitrogen and oxygen atoms in total. The summed E-state index contributed by atoms with van der Waals surface area (Å²) in [5, 5.41) is 0. The van der Waals surface area contributed by atoms with Gasteiger partial charge in [0.15, 0.2) is 5.60 Å². The molecule has 0 radical (unpaired) electrons. The van der Waals surface area contributed by atoms with Crippen molar-refractivity contribution in [3.05, 3.63) is 65.7 Å². The van der Waals surface area contributed by atoms with Crippen LogP contribution in [0.3, 0.4) is 0 Å². The van der Waals surface area contributed by atoms with Gasteiger partial charge in [-0.25, -0.2) is 4.79 Å². The van der Waals surface area contributed by atoms with Crippen LogP contribution in [-0.4, -0.2) is 18.2 Å². The highest BCUT2D eigenvalue weighted by molar-refractivity contribution is 5.79. The van der Waals surface area contributed by atoms with Gasteiger partial charge in [0.1, 0.15) is 12.4 Å². The van der Waals surface area contributed by atoms with E-state index in [-0.39, 0.29) is 5.97 Å². The Balaban J connectivity index is 1.61. The van der Waals surface area contributed by atoms with E-state index in [2.05, 4.69) is 0 Å². The van der Waals surface area contributed by atoms with E-state index in [0.29, 0.717) is 19.8 Å². The molecular weight excluding hydrogens is 340 g/mol. The number of hydrogen-bond donors (Lipinski definition) is 0. The van der Waals surface area contributed by atoms with E-state index < -0.39 is 5.60 Å². The fourth-order valence-corrected chi connectivity index (χ4v) is 3.48. The molecule has 27 heavy (non-hydrogen) atoms. The zero-order valence-electron chi connectivity index (χ0n) is 16.0. The third-order valence-electron chi connectivity index (χ3n) is 4.97.